The zero-order chi connectivity index (χ0) is 27.8. The molecule has 7 N–H and O–H groups in total. The molecular weight excluding hydrogens is 502 g/mol. The van der Waals surface area contributed by atoms with Gasteiger partial charge in [-0.2, -0.15) is 0 Å². The van der Waals surface area contributed by atoms with E-state index in [1.807, 2.05) is 36.5 Å². The van der Waals surface area contributed by atoms with Gasteiger partial charge in [0, 0.05) is 30.1 Å². The second kappa shape index (κ2) is 8.52. The molecule has 0 saturated heterocycles. The van der Waals surface area contributed by atoms with Gasteiger partial charge in [-0.3, -0.25) is 14.4 Å². The number of ketones is 2. The smallest absolute Gasteiger partial charge is 0.255 e. The molecule has 9 nitrogen and oxygen atoms in total. The van der Waals surface area contributed by atoms with Gasteiger partial charge >= 0.3 is 0 Å². The number of aliphatic hydroxyl groups is 4. The maximum Gasteiger partial charge on any atom is 0.255 e. The number of rotatable bonds is 2. The Hall–Kier alpha value is -4.47. The zero-order valence-corrected chi connectivity index (χ0v) is 20.5. The molecular formula is C30H25NO8. The minimum atomic E-state index is -2.89. The number of primary amides is 1. The predicted molar refractivity (Wildman–Crippen MR) is 139 cm³/mol. The molecule has 5 aliphatic carbocycles. The summed E-state index contributed by atoms with van der Waals surface area (Å²) in [7, 11) is 0. The molecule has 0 bridgehead atoms. The molecule has 0 heterocycles. The lowest BCUT2D eigenvalue weighted by atomic mass is 9.57. The van der Waals surface area contributed by atoms with Crippen molar-refractivity contribution in [2.75, 3.05) is 0 Å². The summed E-state index contributed by atoms with van der Waals surface area (Å²) in [6.07, 6.45) is 13.5. The number of carbonyl (C=O) groups excluding carboxylic acids is 3. The fraction of sp³-hybridized carbons (Fsp3) is 0.233. The molecule has 0 saturated carbocycles. The SMILES string of the molecule is NC(=O)C1=C(O)C[C@@H]2[C@@H](O)[C@H]3C(=C(O)[C@]2(O)C1=O)C(=O)c1c(O)cccc1/C3=C\C1=CC2C=CC=CC2C=C1. The van der Waals surface area contributed by atoms with E-state index in [-0.39, 0.29) is 23.1 Å². The third-order valence-electron chi connectivity index (χ3n) is 8.34. The fourth-order valence-corrected chi connectivity index (χ4v) is 6.46. The summed E-state index contributed by atoms with van der Waals surface area (Å²) < 4.78 is 0. The number of phenolic OH excluding ortho intramolecular Hbond substituents is 1. The van der Waals surface area contributed by atoms with Gasteiger partial charge in [0.1, 0.15) is 22.8 Å². The monoisotopic (exact) mass is 527 g/mol. The van der Waals surface area contributed by atoms with Crippen molar-refractivity contribution in [1.82, 2.24) is 0 Å². The highest BCUT2D eigenvalue weighted by molar-refractivity contribution is 6.25. The molecule has 1 amide bonds. The molecule has 6 rings (SSSR count). The Morgan fingerprint density at radius 3 is 2.49 bits per heavy atom. The Labute approximate surface area is 222 Å². The standard InChI is InChI=1S/C30H25NO8/c31-29(38)23-20(33)12-18-25(34)22-17(11-13-8-9-14-4-1-2-5-15(14)10-13)16-6-3-7-19(32)21(16)26(35)24(22)28(37)30(18,39)27(23)36/h1-11,14-15,18,22,25,32-34,37,39H,12H2,(H2,31,38)/b17-11+/t14?,15?,18-,22-,25-,30-/m1/s1. The van der Waals surface area contributed by atoms with Gasteiger partial charge in [0.05, 0.1) is 17.2 Å². The van der Waals surface area contributed by atoms with E-state index in [1.165, 1.54) is 6.07 Å². The van der Waals surface area contributed by atoms with Crippen molar-refractivity contribution in [3.05, 3.63) is 106 Å². The van der Waals surface area contributed by atoms with E-state index in [1.54, 1.807) is 18.2 Å². The summed E-state index contributed by atoms with van der Waals surface area (Å²) in [6.45, 7) is 0. The van der Waals surface area contributed by atoms with E-state index in [4.69, 9.17) is 5.73 Å². The summed E-state index contributed by atoms with van der Waals surface area (Å²) >= 11 is 0. The molecule has 0 radical (unpaired) electrons. The third-order valence-corrected chi connectivity index (χ3v) is 8.34. The lowest BCUT2D eigenvalue weighted by Crippen LogP contribution is -2.62. The third kappa shape index (κ3) is 3.36. The minimum absolute atomic E-state index is 0.0794. The van der Waals surface area contributed by atoms with Crippen molar-refractivity contribution < 1.29 is 39.9 Å². The van der Waals surface area contributed by atoms with Gasteiger partial charge in [-0.15, -0.1) is 0 Å². The lowest BCUT2D eigenvalue weighted by molar-refractivity contribution is -0.152. The van der Waals surface area contributed by atoms with Crippen LogP contribution in [0.25, 0.3) is 5.57 Å². The number of nitrogens with two attached hydrogens (primary N) is 1. The van der Waals surface area contributed by atoms with Crippen LogP contribution in [0.3, 0.4) is 0 Å². The molecule has 0 aromatic heterocycles. The molecule has 5 aliphatic rings. The number of allylic oxidation sites excluding steroid dienone is 10. The molecule has 2 unspecified atom stereocenters. The number of amides is 1. The van der Waals surface area contributed by atoms with Gasteiger partial charge in [-0.25, -0.2) is 0 Å². The van der Waals surface area contributed by atoms with E-state index in [0.29, 0.717) is 11.1 Å². The predicted octanol–water partition coefficient (Wildman–Crippen LogP) is 2.25. The quantitative estimate of drug-likeness (QED) is 0.317. The average molecular weight is 528 g/mol. The van der Waals surface area contributed by atoms with Crippen LogP contribution >= 0.6 is 0 Å². The van der Waals surface area contributed by atoms with Crippen molar-refractivity contribution in [3.8, 4) is 5.75 Å². The molecule has 0 fully saturated rings. The Kier molecular flexibility index (Phi) is 5.43. The van der Waals surface area contributed by atoms with Crippen molar-refractivity contribution in [2.45, 2.75) is 18.1 Å². The Morgan fingerprint density at radius 2 is 1.77 bits per heavy atom. The number of aliphatic hydroxyl groups excluding tert-OH is 3. The highest BCUT2D eigenvalue weighted by Crippen LogP contribution is 2.55. The van der Waals surface area contributed by atoms with Crippen LogP contribution in [-0.4, -0.2) is 54.7 Å². The molecule has 9 heteroatoms. The van der Waals surface area contributed by atoms with Crippen molar-refractivity contribution in [2.24, 2.45) is 29.4 Å². The number of hydrogen-bond acceptors (Lipinski definition) is 8. The first-order valence-corrected chi connectivity index (χ1v) is 12.5. The molecule has 6 atom stereocenters. The minimum Gasteiger partial charge on any atom is -0.511 e. The molecule has 0 spiro atoms. The number of Topliss-reactive ketones (excluding diaryl/α,β-unsaturated/α-hetero) is 2. The van der Waals surface area contributed by atoms with Crippen molar-refractivity contribution in [1.29, 1.82) is 0 Å². The average Bonchev–Trinajstić information content (AvgIpc) is 2.90. The first-order valence-electron chi connectivity index (χ1n) is 12.5. The number of carbonyl (C=O) groups is 3. The van der Waals surface area contributed by atoms with Gasteiger partial charge < -0.3 is 31.3 Å². The number of benzene rings is 1. The zero-order valence-electron chi connectivity index (χ0n) is 20.5. The number of aromatic hydroxyl groups is 1. The molecule has 198 valence electrons. The van der Waals surface area contributed by atoms with E-state index < -0.39 is 70.1 Å². The van der Waals surface area contributed by atoms with Crippen LogP contribution in [0.5, 0.6) is 5.75 Å². The molecule has 1 aromatic carbocycles. The van der Waals surface area contributed by atoms with E-state index >= 15 is 0 Å². The lowest BCUT2D eigenvalue weighted by Gasteiger charge is -2.49. The van der Waals surface area contributed by atoms with Crippen LogP contribution in [0.4, 0.5) is 0 Å². The number of fused-ring (bicyclic) bond motifs is 4. The van der Waals surface area contributed by atoms with Crippen LogP contribution in [0, 0.1) is 23.7 Å². The summed E-state index contributed by atoms with van der Waals surface area (Å²) in [5.41, 5.74) is 2.26. The Bertz CT molecular complexity index is 1590. The molecule has 1 aromatic rings. The Balaban J connectivity index is 1.59. The first kappa shape index (κ1) is 24.8. The van der Waals surface area contributed by atoms with Crippen LogP contribution in [-0.2, 0) is 9.59 Å². The van der Waals surface area contributed by atoms with E-state index in [9.17, 15) is 39.9 Å². The first-order chi connectivity index (χ1) is 18.6. The second-order valence-electron chi connectivity index (χ2n) is 10.4. The Morgan fingerprint density at radius 1 is 1.05 bits per heavy atom. The highest BCUT2D eigenvalue weighted by atomic mass is 16.4. The van der Waals surface area contributed by atoms with Gasteiger partial charge in [-0.1, -0.05) is 60.7 Å². The second-order valence-corrected chi connectivity index (χ2v) is 10.4. The van der Waals surface area contributed by atoms with E-state index in [2.05, 4.69) is 6.08 Å². The van der Waals surface area contributed by atoms with Crippen molar-refractivity contribution >= 4 is 23.0 Å². The van der Waals surface area contributed by atoms with Crippen LogP contribution in [0.15, 0.2) is 95.0 Å². The van der Waals surface area contributed by atoms with Crippen molar-refractivity contribution in [3.63, 3.8) is 0 Å². The maximum absolute atomic E-state index is 13.7. The van der Waals surface area contributed by atoms with Gasteiger partial charge in [0.25, 0.3) is 5.91 Å². The largest absolute Gasteiger partial charge is 0.511 e. The van der Waals surface area contributed by atoms with E-state index in [0.717, 1.165) is 5.57 Å². The van der Waals surface area contributed by atoms with Crippen LogP contribution in [0.2, 0.25) is 0 Å². The fourth-order valence-electron chi connectivity index (χ4n) is 6.46. The summed E-state index contributed by atoms with van der Waals surface area (Å²) in [6, 6.07) is 4.45. The topological polar surface area (TPSA) is 178 Å². The van der Waals surface area contributed by atoms with Crippen LogP contribution in [0.1, 0.15) is 22.3 Å². The molecule has 39 heavy (non-hydrogen) atoms. The van der Waals surface area contributed by atoms with Gasteiger partial charge in [0.2, 0.25) is 5.78 Å². The molecule has 0 aliphatic heterocycles. The highest BCUT2D eigenvalue weighted by Gasteiger charge is 2.63. The maximum atomic E-state index is 13.7. The summed E-state index contributed by atoms with van der Waals surface area (Å²) in [5.74, 6) is -8.22. The summed E-state index contributed by atoms with van der Waals surface area (Å²) in [4.78, 5) is 38.8. The normalized spacial score (nSPS) is 33.9. The summed E-state index contributed by atoms with van der Waals surface area (Å²) in [5, 5.41) is 55.6. The number of phenols is 1. The number of hydrogen-bond donors (Lipinski definition) is 6. The van der Waals surface area contributed by atoms with Gasteiger partial charge in [0.15, 0.2) is 11.4 Å². The van der Waals surface area contributed by atoms with Gasteiger partial charge in [-0.05, 0) is 22.8 Å². The van der Waals surface area contributed by atoms with Crippen LogP contribution < -0.4 is 5.73 Å².